The molecule has 1 fully saturated rings. The van der Waals surface area contributed by atoms with Gasteiger partial charge in [-0.2, -0.15) is 0 Å². The Balaban J connectivity index is 1.80. The molecule has 3 nitrogen and oxygen atoms in total. The molecule has 0 aliphatic heterocycles. The second-order valence-corrected chi connectivity index (χ2v) is 5.60. The number of nitrogens with one attached hydrogen (secondary N) is 1. The first kappa shape index (κ1) is 13.4. The zero-order valence-corrected chi connectivity index (χ0v) is 11.7. The molecular formula is C14H19NO2S. The second kappa shape index (κ2) is 5.76. The molecule has 0 heterocycles. The molecule has 0 radical (unpaired) electrons. The minimum Gasteiger partial charge on any atom is -0.469 e. The predicted octanol–water partition coefficient (Wildman–Crippen LogP) is 2.45. The minimum atomic E-state index is -0.242. The van der Waals surface area contributed by atoms with Gasteiger partial charge in [-0.05, 0) is 36.8 Å². The van der Waals surface area contributed by atoms with Crippen LogP contribution in [0.5, 0.6) is 0 Å². The molecule has 1 aliphatic rings. The summed E-state index contributed by atoms with van der Waals surface area (Å²) in [6.07, 6.45) is 3.95. The molecule has 0 bridgehead atoms. The van der Waals surface area contributed by atoms with Crippen molar-refractivity contribution in [3.05, 3.63) is 29.8 Å². The molecule has 2 rings (SSSR count). The van der Waals surface area contributed by atoms with Gasteiger partial charge in [-0.3, -0.25) is 4.79 Å². The average Bonchev–Trinajstić information content (AvgIpc) is 3.20. The summed E-state index contributed by atoms with van der Waals surface area (Å²) in [6, 6.07) is 8.48. The maximum Gasteiger partial charge on any atom is 0.313 e. The van der Waals surface area contributed by atoms with Crippen molar-refractivity contribution >= 4 is 17.7 Å². The van der Waals surface area contributed by atoms with Gasteiger partial charge in [-0.15, -0.1) is 11.8 Å². The topological polar surface area (TPSA) is 38.3 Å². The Hall–Kier alpha value is -1.00. The van der Waals surface area contributed by atoms with Gasteiger partial charge < -0.3 is 10.1 Å². The number of thioether (sulfide) groups is 1. The zero-order chi connectivity index (χ0) is 13.0. The molecule has 1 saturated carbocycles. The van der Waals surface area contributed by atoms with E-state index >= 15 is 0 Å². The van der Waals surface area contributed by atoms with E-state index in [0.717, 1.165) is 19.4 Å². The summed E-state index contributed by atoms with van der Waals surface area (Å²) < 4.78 is 4.83. The Morgan fingerprint density at radius 2 is 2.06 bits per heavy atom. The zero-order valence-electron chi connectivity index (χ0n) is 10.9. The van der Waals surface area contributed by atoms with E-state index in [2.05, 4.69) is 35.8 Å². The van der Waals surface area contributed by atoms with Gasteiger partial charge in [0, 0.05) is 18.0 Å². The Morgan fingerprint density at radius 1 is 1.39 bits per heavy atom. The number of hydrogen-bond donors (Lipinski definition) is 1. The monoisotopic (exact) mass is 265 g/mol. The molecule has 1 N–H and O–H groups in total. The SMILES string of the molecule is COC(=O)C1(CNCc2ccc(SC)cc2)CC1. The van der Waals surface area contributed by atoms with Gasteiger partial charge in [0.15, 0.2) is 0 Å². The van der Waals surface area contributed by atoms with Gasteiger partial charge in [0.2, 0.25) is 0 Å². The Morgan fingerprint density at radius 3 is 2.56 bits per heavy atom. The largest absolute Gasteiger partial charge is 0.469 e. The molecule has 1 aromatic carbocycles. The van der Waals surface area contributed by atoms with Crippen molar-refractivity contribution in [1.29, 1.82) is 0 Å². The van der Waals surface area contributed by atoms with E-state index in [1.54, 1.807) is 11.8 Å². The highest BCUT2D eigenvalue weighted by atomic mass is 32.2. The minimum absolute atomic E-state index is 0.0762. The van der Waals surface area contributed by atoms with Crippen LogP contribution in [0.3, 0.4) is 0 Å². The third kappa shape index (κ3) is 3.06. The van der Waals surface area contributed by atoms with E-state index in [1.807, 2.05) is 0 Å². The van der Waals surface area contributed by atoms with E-state index in [9.17, 15) is 4.79 Å². The van der Waals surface area contributed by atoms with Crippen LogP contribution < -0.4 is 5.32 Å². The number of rotatable bonds is 6. The summed E-state index contributed by atoms with van der Waals surface area (Å²) in [5.74, 6) is -0.0762. The lowest BCUT2D eigenvalue weighted by Gasteiger charge is -2.13. The molecule has 0 aromatic heterocycles. The summed E-state index contributed by atoms with van der Waals surface area (Å²) in [4.78, 5) is 12.8. The summed E-state index contributed by atoms with van der Waals surface area (Å²) in [7, 11) is 1.46. The maximum atomic E-state index is 11.6. The fraction of sp³-hybridized carbons (Fsp3) is 0.500. The van der Waals surface area contributed by atoms with Crippen molar-refractivity contribution in [2.24, 2.45) is 5.41 Å². The van der Waals surface area contributed by atoms with E-state index in [-0.39, 0.29) is 11.4 Å². The maximum absolute atomic E-state index is 11.6. The average molecular weight is 265 g/mol. The van der Waals surface area contributed by atoms with E-state index in [1.165, 1.54) is 17.6 Å². The van der Waals surface area contributed by atoms with Gasteiger partial charge >= 0.3 is 5.97 Å². The van der Waals surface area contributed by atoms with Crippen LogP contribution in [0.2, 0.25) is 0 Å². The first-order valence-electron chi connectivity index (χ1n) is 6.12. The normalized spacial score (nSPS) is 16.3. The molecule has 98 valence electrons. The molecule has 0 unspecified atom stereocenters. The summed E-state index contributed by atoms with van der Waals surface area (Å²) in [5.41, 5.74) is 1.00. The summed E-state index contributed by atoms with van der Waals surface area (Å²) in [6.45, 7) is 1.51. The van der Waals surface area contributed by atoms with Crippen LogP contribution in [0.15, 0.2) is 29.2 Å². The number of ether oxygens (including phenoxy) is 1. The van der Waals surface area contributed by atoms with Crippen molar-refractivity contribution in [3.63, 3.8) is 0 Å². The number of esters is 1. The Kier molecular flexibility index (Phi) is 4.30. The van der Waals surface area contributed by atoms with Gasteiger partial charge in [0.1, 0.15) is 0 Å². The van der Waals surface area contributed by atoms with Gasteiger partial charge in [-0.25, -0.2) is 0 Å². The van der Waals surface area contributed by atoms with E-state index in [0.29, 0.717) is 6.54 Å². The van der Waals surface area contributed by atoms with Gasteiger partial charge in [0.25, 0.3) is 0 Å². The Bertz CT molecular complexity index is 412. The Labute approximate surface area is 112 Å². The standard InChI is InChI=1S/C14H19NO2S/c1-17-13(16)14(7-8-14)10-15-9-11-3-5-12(18-2)6-4-11/h3-6,15H,7-10H2,1-2H3. The number of hydrogen-bond acceptors (Lipinski definition) is 4. The van der Waals surface area contributed by atoms with Crippen LogP contribution in [0.4, 0.5) is 0 Å². The van der Waals surface area contributed by atoms with Crippen molar-refractivity contribution in [2.75, 3.05) is 19.9 Å². The van der Waals surface area contributed by atoms with Crippen LogP contribution in [-0.4, -0.2) is 25.9 Å². The molecule has 1 aromatic rings. The highest BCUT2D eigenvalue weighted by Crippen LogP contribution is 2.46. The van der Waals surface area contributed by atoms with Crippen molar-refractivity contribution < 1.29 is 9.53 Å². The third-order valence-corrected chi connectivity index (χ3v) is 4.17. The van der Waals surface area contributed by atoms with Crippen LogP contribution in [0.25, 0.3) is 0 Å². The molecule has 4 heteroatoms. The van der Waals surface area contributed by atoms with E-state index in [4.69, 9.17) is 4.74 Å². The van der Waals surface area contributed by atoms with Gasteiger partial charge in [0.05, 0.1) is 12.5 Å². The van der Waals surface area contributed by atoms with Gasteiger partial charge in [-0.1, -0.05) is 12.1 Å². The first-order chi connectivity index (χ1) is 8.70. The predicted molar refractivity (Wildman–Crippen MR) is 73.6 cm³/mol. The van der Waals surface area contributed by atoms with Crippen LogP contribution in [0.1, 0.15) is 18.4 Å². The lowest BCUT2D eigenvalue weighted by atomic mass is 10.1. The lowest BCUT2D eigenvalue weighted by Crippen LogP contribution is -2.30. The first-order valence-corrected chi connectivity index (χ1v) is 7.35. The smallest absolute Gasteiger partial charge is 0.313 e. The molecule has 18 heavy (non-hydrogen) atoms. The second-order valence-electron chi connectivity index (χ2n) is 4.72. The fourth-order valence-corrected chi connectivity index (χ4v) is 2.42. The quantitative estimate of drug-likeness (QED) is 0.633. The molecule has 0 atom stereocenters. The van der Waals surface area contributed by atoms with Crippen LogP contribution >= 0.6 is 11.8 Å². The highest BCUT2D eigenvalue weighted by Gasteiger charge is 2.50. The van der Waals surface area contributed by atoms with Crippen molar-refractivity contribution in [3.8, 4) is 0 Å². The third-order valence-electron chi connectivity index (χ3n) is 3.42. The molecular weight excluding hydrogens is 246 g/mol. The molecule has 1 aliphatic carbocycles. The van der Waals surface area contributed by atoms with E-state index < -0.39 is 0 Å². The fourth-order valence-electron chi connectivity index (χ4n) is 2.01. The van der Waals surface area contributed by atoms with Crippen molar-refractivity contribution in [1.82, 2.24) is 5.32 Å². The number of carbonyl (C=O) groups excluding carboxylic acids is 1. The number of benzene rings is 1. The molecule has 0 amide bonds. The summed E-state index contributed by atoms with van der Waals surface area (Å²) >= 11 is 1.74. The number of carbonyl (C=O) groups is 1. The summed E-state index contributed by atoms with van der Waals surface area (Å²) in [5, 5.41) is 3.35. The van der Waals surface area contributed by atoms with Crippen LogP contribution in [-0.2, 0) is 16.1 Å². The molecule has 0 spiro atoms. The van der Waals surface area contributed by atoms with Crippen LogP contribution in [0, 0.1) is 5.41 Å². The highest BCUT2D eigenvalue weighted by molar-refractivity contribution is 7.98. The molecule has 0 saturated heterocycles. The number of methoxy groups -OCH3 is 1. The van der Waals surface area contributed by atoms with Crippen molar-refractivity contribution in [2.45, 2.75) is 24.3 Å². The lowest BCUT2D eigenvalue weighted by molar-refractivity contribution is -0.146.